The largest absolute Gasteiger partial charge is 0.491 e. The number of nitrogen functional groups attached to an aromatic ring is 1. The van der Waals surface area contributed by atoms with Crippen LogP contribution in [0.5, 0.6) is 0 Å². The van der Waals surface area contributed by atoms with Crippen molar-refractivity contribution < 1.29 is 18.1 Å². The van der Waals surface area contributed by atoms with E-state index in [1.807, 2.05) is 27.7 Å². The van der Waals surface area contributed by atoms with Crippen molar-refractivity contribution in [3.05, 3.63) is 34.8 Å². The molecule has 2 N–H and O–H groups in total. The van der Waals surface area contributed by atoms with Gasteiger partial charge in [-0.25, -0.2) is 8.78 Å². The zero-order chi connectivity index (χ0) is 16.7. The molecule has 22 heavy (non-hydrogen) atoms. The highest BCUT2D eigenvalue weighted by molar-refractivity contribution is 7.80. The second-order valence-electron chi connectivity index (χ2n) is 6.36. The van der Waals surface area contributed by atoms with Crippen molar-refractivity contribution in [3.8, 4) is 0 Å². The lowest BCUT2D eigenvalue weighted by molar-refractivity contribution is 0.00578. The molecule has 120 valence electrons. The molecule has 0 atom stereocenters. The number of nitrogens with two attached hydrogens (primary N) is 1. The standard InChI is InChI=1S/C15H20BF2NO2S/c1-14(2)15(3,4)21-16(20-14)10(8-22)5-9-6-11(17)7-12(18)13(9)19/h5-7,22H,8,19H2,1-4H3. The second kappa shape index (κ2) is 5.87. The van der Waals surface area contributed by atoms with Crippen LogP contribution >= 0.6 is 12.6 Å². The minimum absolute atomic E-state index is 0.114. The summed E-state index contributed by atoms with van der Waals surface area (Å²) in [5.41, 5.74) is 5.45. The normalized spacial score (nSPS) is 20.5. The molecule has 1 heterocycles. The van der Waals surface area contributed by atoms with Crippen molar-refractivity contribution in [2.75, 3.05) is 11.5 Å². The van der Waals surface area contributed by atoms with Crippen molar-refractivity contribution in [2.24, 2.45) is 0 Å². The molecule has 0 spiro atoms. The van der Waals surface area contributed by atoms with Gasteiger partial charge >= 0.3 is 7.12 Å². The van der Waals surface area contributed by atoms with Gasteiger partial charge in [-0.2, -0.15) is 12.6 Å². The molecule has 1 saturated heterocycles. The van der Waals surface area contributed by atoms with Gasteiger partial charge in [0.05, 0.1) is 16.9 Å². The summed E-state index contributed by atoms with van der Waals surface area (Å²) in [6.07, 6.45) is 1.57. The van der Waals surface area contributed by atoms with Crippen LogP contribution in [0, 0.1) is 11.6 Å². The molecule has 1 fully saturated rings. The highest BCUT2D eigenvalue weighted by atomic mass is 32.1. The summed E-state index contributed by atoms with van der Waals surface area (Å²) in [6, 6.07) is 1.93. The zero-order valence-electron chi connectivity index (χ0n) is 13.1. The molecule has 1 aliphatic rings. The summed E-state index contributed by atoms with van der Waals surface area (Å²) in [6.45, 7) is 7.72. The third kappa shape index (κ3) is 3.16. The minimum atomic E-state index is -0.793. The van der Waals surface area contributed by atoms with Gasteiger partial charge in [0.15, 0.2) is 0 Å². The maximum absolute atomic E-state index is 13.5. The van der Waals surface area contributed by atoms with Crippen LogP contribution in [-0.2, 0) is 9.31 Å². The Morgan fingerprint density at radius 1 is 1.23 bits per heavy atom. The van der Waals surface area contributed by atoms with Crippen molar-refractivity contribution >= 4 is 31.5 Å². The van der Waals surface area contributed by atoms with Crippen LogP contribution in [0.4, 0.5) is 14.5 Å². The predicted octanol–water partition coefficient (Wildman–Crippen LogP) is 3.49. The van der Waals surface area contributed by atoms with Gasteiger partial charge in [-0.05, 0) is 39.2 Å². The SMILES string of the molecule is CC1(C)OB(C(=Cc2cc(F)cc(F)c2N)CS)OC1(C)C. The summed E-state index contributed by atoms with van der Waals surface area (Å²) >= 11 is 4.26. The van der Waals surface area contributed by atoms with Gasteiger partial charge in [0.25, 0.3) is 0 Å². The average Bonchev–Trinajstić information content (AvgIpc) is 2.60. The summed E-state index contributed by atoms with van der Waals surface area (Å²) < 4.78 is 38.8. The maximum Gasteiger partial charge on any atom is 0.491 e. The fourth-order valence-electron chi connectivity index (χ4n) is 2.11. The van der Waals surface area contributed by atoms with E-state index in [0.29, 0.717) is 11.2 Å². The second-order valence-corrected chi connectivity index (χ2v) is 6.67. The Hall–Kier alpha value is -1.05. The molecule has 0 aromatic heterocycles. The van der Waals surface area contributed by atoms with Gasteiger partial charge in [0.2, 0.25) is 0 Å². The molecule has 1 aliphatic heterocycles. The molecule has 0 saturated carbocycles. The summed E-state index contributed by atoms with van der Waals surface area (Å²) in [5, 5.41) is 0. The van der Waals surface area contributed by atoms with Crippen molar-refractivity contribution in [1.29, 1.82) is 0 Å². The average molecular weight is 327 g/mol. The van der Waals surface area contributed by atoms with Crippen LogP contribution in [0.2, 0.25) is 0 Å². The fourth-order valence-corrected chi connectivity index (χ4v) is 2.35. The number of thiol groups is 1. The Labute approximate surface area is 135 Å². The topological polar surface area (TPSA) is 44.5 Å². The van der Waals surface area contributed by atoms with E-state index < -0.39 is 30.0 Å². The lowest BCUT2D eigenvalue weighted by atomic mass is 9.78. The van der Waals surface area contributed by atoms with E-state index in [-0.39, 0.29) is 11.3 Å². The highest BCUT2D eigenvalue weighted by Gasteiger charge is 2.52. The molecule has 1 aromatic rings. The molecule has 3 nitrogen and oxygen atoms in total. The van der Waals surface area contributed by atoms with Crippen LogP contribution in [0.1, 0.15) is 33.3 Å². The Morgan fingerprint density at radius 3 is 2.27 bits per heavy atom. The molecule has 0 bridgehead atoms. The summed E-state index contributed by atoms with van der Waals surface area (Å²) in [4.78, 5) is 0. The number of rotatable bonds is 3. The van der Waals surface area contributed by atoms with Crippen LogP contribution in [0.25, 0.3) is 6.08 Å². The third-order valence-corrected chi connectivity index (χ3v) is 4.57. The molecule has 0 amide bonds. The van der Waals surface area contributed by atoms with Crippen molar-refractivity contribution in [3.63, 3.8) is 0 Å². The lowest BCUT2D eigenvalue weighted by Gasteiger charge is -2.32. The van der Waals surface area contributed by atoms with Gasteiger partial charge in [-0.3, -0.25) is 0 Å². The maximum atomic E-state index is 13.5. The first-order valence-corrected chi connectivity index (χ1v) is 7.62. The van der Waals surface area contributed by atoms with E-state index in [4.69, 9.17) is 15.0 Å². The highest BCUT2D eigenvalue weighted by Crippen LogP contribution is 2.39. The first-order valence-electron chi connectivity index (χ1n) is 6.99. The monoisotopic (exact) mass is 327 g/mol. The number of hydrogen-bond donors (Lipinski definition) is 2. The van der Waals surface area contributed by atoms with E-state index >= 15 is 0 Å². The number of halogens is 2. The summed E-state index contributed by atoms with van der Waals surface area (Å²) in [7, 11) is -0.631. The molecule has 2 rings (SSSR count). The van der Waals surface area contributed by atoms with Crippen molar-refractivity contribution in [1.82, 2.24) is 0 Å². The Balaban J connectivity index is 2.38. The molecule has 0 radical (unpaired) electrons. The van der Waals surface area contributed by atoms with E-state index in [2.05, 4.69) is 12.6 Å². The third-order valence-electron chi connectivity index (χ3n) is 4.21. The molecule has 0 unspecified atom stereocenters. The van der Waals surface area contributed by atoms with E-state index in [1.165, 1.54) is 6.07 Å². The van der Waals surface area contributed by atoms with Gasteiger partial charge in [-0.15, -0.1) is 0 Å². The van der Waals surface area contributed by atoms with Gasteiger partial charge in [-0.1, -0.05) is 6.08 Å². The molecular weight excluding hydrogens is 307 g/mol. The molecular formula is C15H20BF2NO2S. The summed E-state index contributed by atoms with van der Waals surface area (Å²) in [5.74, 6) is -1.17. The molecule has 7 heteroatoms. The van der Waals surface area contributed by atoms with Gasteiger partial charge in [0, 0.05) is 17.4 Å². The number of hydrogen-bond acceptors (Lipinski definition) is 4. The van der Waals surface area contributed by atoms with Gasteiger partial charge in [0.1, 0.15) is 11.6 Å². The van der Waals surface area contributed by atoms with E-state index in [0.717, 1.165) is 6.07 Å². The Bertz CT molecular complexity index is 604. The number of benzene rings is 1. The number of anilines is 1. The molecule has 1 aromatic carbocycles. The van der Waals surface area contributed by atoms with E-state index in [9.17, 15) is 8.78 Å². The zero-order valence-corrected chi connectivity index (χ0v) is 14.0. The minimum Gasteiger partial charge on any atom is -0.400 e. The Kier molecular flexibility index (Phi) is 4.62. The Morgan fingerprint density at radius 2 is 1.77 bits per heavy atom. The molecule has 0 aliphatic carbocycles. The van der Waals surface area contributed by atoms with Gasteiger partial charge < -0.3 is 15.0 Å². The fraction of sp³-hybridized carbons (Fsp3) is 0.467. The first-order chi connectivity index (χ1) is 10.1. The smallest absolute Gasteiger partial charge is 0.400 e. The van der Waals surface area contributed by atoms with Crippen molar-refractivity contribution in [2.45, 2.75) is 38.9 Å². The van der Waals surface area contributed by atoms with Crippen LogP contribution in [0.3, 0.4) is 0 Å². The van der Waals surface area contributed by atoms with Crippen LogP contribution in [0.15, 0.2) is 17.6 Å². The lowest BCUT2D eigenvalue weighted by Crippen LogP contribution is -2.41. The quantitative estimate of drug-likeness (QED) is 0.507. The first kappa shape index (κ1) is 17.3. The van der Waals surface area contributed by atoms with Crippen LogP contribution < -0.4 is 5.73 Å². The predicted molar refractivity (Wildman–Crippen MR) is 88.7 cm³/mol. The van der Waals surface area contributed by atoms with Crippen LogP contribution in [-0.4, -0.2) is 24.1 Å². The van der Waals surface area contributed by atoms with E-state index in [1.54, 1.807) is 6.08 Å².